The second-order valence-electron chi connectivity index (χ2n) is 10.7. The summed E-state index contributed by atoms with van der Waals surface area (Å²) in [6, 6.07) is 10.3. The second-order valence-corrected chi connectivity index (χ2v) is 10.7. The van der Waals surface area contributed by atoms with Gasteiger partial charge in [-0.15, -0.1) is 0 Å². The lowest BCUT2D eigenvalue weighted by molar-refractivity contribution is -0.134. The molecule has 1 N–H and O–H groups in total. The molecule has 2 heterocycles. The molecule has 3 amide bonds. The van der Waals surface area contributed by atoms with Gasteiger partial charge in [-0.2, -0.15) is 0 Å². The zero-order valence-electron chi connectivity index (χ0n) is 22.1. The topological polar surface area (TPSA) is 98.1 Å². The first-order valence-corrected chi connectivity index (χ1v) is 12.9. The summed E-state index contributed by atoms with van der Waals surface area (Å²) in [5.74, 6) is -0.866. The SMILES string of the molecule is CN(CCCOCCCc1ccc2c(ccc3occ(C4CCC(=O)NC4=O)c32)c1)C(=O)OC(C)(C)C. The van der Waals surface area contributed by atoms with Crippen molar-refractivity contribution in [3.05, 3.63) is 47.7 Å². The van der Waals surface area contributed by atoms with E-state index in [1.54, 1.807) is 18.2 Å². The number of nitrogens with one attached hydrogen (secondary N) is 1. The second kappa shape index (κ2) is 11.3. The van der Waals surface area contributed by atoms with Crippen LogP contribution in [0.1, 0.15) is 63.5 Å². The van der Waals surface area contributed by atoms with Crippen LogP contribution in [0, 0.1) is 0 Å². The van der Waals surface area contributed by atoms with Crippen LogP contribution >= 0.6 is 0 Å². The van der Waals surface area contributed by atoms with E-state index < -0.39 is 5.60 Å². The predicted molar refractivity (Wildman–Crippen MR) is 141 cm³/mol. The van der Waals surface area contributed by atoms with Gasteiger partial charge < -0.3 is 18.8 Å². The summed E-state index contributed by atoms with van der Waals surface area (Å²) in [6.07, 6.45) is 4.69. The van der Waals surface area contributed by atoms with Crippen molar-refractivity contribution in [2.75, 3.05) is 26.8 Å². The van der Waals surface area contributed by atoms with E-state index in [0.717, 1.165) is 46.6 Å². The number of piperidine rings is 1. The molecule has 1 fully saturated rings. The lowest BCUT2D eigenvalue weighted by atomic mass is 9.88. The largest absolute Gasteiger partial charge is 0.464 e. The highest BCUT2D eigenvalue weighted by Gasteiger charge is 2.31. The van der Waals surface area contributed by atoms with Crippen molar-refractivity contribution in [2.24, 2.45) is 0 Å². The lowest BCUT2D eigenvalue weighted by Gasteiger charge is -2.24. The van der Waals surface area contributed by atoms with Gasteiger partial charge in [0.2, 0.25) is 11.8 Å². The summed E-state index contributed by atoms with van der Waals surface area (Å²) < 4.78 is 16.9. The standard InChI is InChI=1S/C29H36N2O6/c1-29(2,3)37-28(34)31(4)14-6-16-35-15-5-7-19-8-10-21-20(17-19)9-12-24-26(21)23(18-36-24)22-11-13-25(32)30-27(22)33/h8-10,12,17-18,22H,5-7,11,13-16H2,1-4H3,(H,30,32,33). The Labute approximate surface area is 217 Å². The molecule has 2 aromatic carbocycles. The maximum absolute atomic E-state index is 12.5. The van der Waals surface area contributed by atoms with Crippen LogP contribution in [0.4, 0.5) is 4.79 Å². The first kappa shape index (κ1) is 26.7. The molecule has 0 radical (unpaired) electrons. The van der Waals surface area contributed by atoms with E-state index in [0.29, 0.717) is 32.6 Å². The molecule has 1 aliphatic rings. The third-order valence-electron chi connectivity index (χ3n) is 6.50. The Bertz CT molecular complexity index is 1290. The maximum atomic E-state index is 12.5. The third-order valence-corrected chi connectivity index (χ3v) is 6.50. The fourth-order valence-corrected chi connectivity index (χ4v) is 4.66. The highest BCUT2D eigenvalue weighted by Crippen LogP contribution is 2.37. The van der Waals surface area contributed by atoms with Gasteiger partial charge in [0.25, 0.3) is 0 Å². The fraction of sp³-hybridized carbons (Fsp3) is 0.483. The summed E-state index contributed by atoms with van der Waals surface area (Å²) in [7, 11) is 1.74. The number of benzene rings is 2. The first-order chi connectivity index (χ1) is 17.6. The van der Waals surface area contributed by atoms with E-state index >= 15 is 0 Å². The van der Waals surface area contributed by atoms with Crippen LogP contribution in [0.25, 0.3) is 21.7 Å². The average molecular weight is 509 g/mol. The average Bonchev–Trinajstić information content (AvgIpc) is 3.26. The van der Waals surface area contributed by atoms with E-state index in [4.69, 9.17) is 13.9 Å². The number of carbonyl (C=O) groups is 3. The maximum Gasteiger partial charge on any atom is 0.410 e. The van der Waals surface area contributed by atoms with E-state index in [1.807, 2.05) is 32.9 Å². The molecule has 8 nitrogen and oxygen atoms in total. The van der Waals surface area contributed by atoms with Crippen LogP contribution in [0.2, 0.25) is 0 Å². The van der Waals surface area contributed by atoms with Crippen LogP contribution in [0.3, 0.4) is 0 Å². The molecule has 0 bridgehead atoms. The minimum atomic E-state index is -0.495. The molecule has 37 heavy (non-hydrogen) atoms. The molecule has 198 valence electrons. The van der Waals surface area contributed by atoms with Crippen LogP contribution < -0.4 is 5.32 Å². The zero-order chi connectivity index (χ0) is 26.6. The molecule has 8 heteroatoms. The molecule has 1 aromatic heterocycles. The van der Waals surface area contributed by atoms with Crippen LogP contribution in [-0.4, -0.2) is 55.2 Å². The molecular weight excluding hydrogens is 472 g/mol. The van der Waals surface area contributed by atoms with Crippen molar-refractivity contribution in [3.8, 4) is 0 Å². The number of nitrogens with zero attached hydrogens (tertiary/aromatic N) is 1. The Hall–Kier alpha value is -3.39. The highest BCUT2D eigenvalue weighted by molar-refractivity contribution is 6.10. The highest BCUT2D eigenvalue weighted by atomic mass is 16.6. The first-order valence-electron chi connectivity index (χ1n) is 12.9. The van der Waals surface area contributed by atoms with Gasteiger partial charge in [0.1, 0.15) is 11.2 Å². The molecule has 1 unspecified atom stereocenters. The quantitative estimate of drug-likeness (QED) is 0.311. The smallest absolute Gasteiger partial charge is 0.410 e. The van der Waals surface area contributed by atoms with Crippen molar-refractivity contribution < 1.29 is 28.3 Å². The number of amides is 3. The Morgan fingerprint density at radius 3 is 2.68 bits per heavy atom. The Balaban J connectivity index is 1.29. The third kappa shape index (κ3) is 6.68. The van der Waals surface area contributed by atoms with Gasteiger partial charge >= 0.3 is 6.09 Å². The molecule has 1 saturated heterocycles. The van der Waals surface area contributed by atoms with E-state index in [1.165, 1.54) is 5.56 Å². The molecule has 0 spiro atoms. The summed E-state index contributed by atoms with van der Waals surface area (Å²) >= 11 is 0. The van der Waals surface area contributed by atoms with Gasteiger partial charge in [-0.25, -0.2) is 4.79 Å². The Morgan fingerprint density at radius 1 is 1.14 bits per heavy atom. The van der Waals surface area contributed by atoms with Crippen molar-refractivity contribution in [1.82, 2.24) is 10.2 Å². The monoisotopic (exact) mass is 508 g/mol. The van der Waals surface area contributed by atoms with Crippen molar-refractivity contribution in [2.45, 2.75) is 64.4 Å². The summed E-state index contributed by atoms with van der Waals surface area (Å²) in [5.41, 5.74) is 2.30. The minimum Gasteiger partial charge on any atom is -0.464 e. The number of ether oxygens (including phenoxy) is 2. The number of imide groups is 1. The number of furan rings is 1. The lowest BCUT2D eigenvalue weighted by Crippen LogP contribution is -2.39. The van der Waals surface area contributed by atoms with E-state index in [9.17, 15) is 14.4 Å². The molecule has 1 atom stereocenters. The van der Waals surface area contributed by atoms with Crippen molar-refractivity contribution in [3.63, 3.8) is 0 Å². The van der Waals surface area contributed by atoms with Gasteiger partial charge in [0, 0.05) is 44.2 Å². The van der Waals surface area contributed by atoms with E-state index in [-0.39, 0.29) is 23.8 Å². The van der Waals surface area contributed by atoms with Crippen LogP contribution in [-0.2, 0) is 25.5 Å². The fourth-order valence-electron chi connectivity index (χ4n) is 4.66. The zero-order valence-corrected chi connectivity index (χ0v) is 22.1. The molecule has 0 aliphatic carbocycles. The van der Waals surface area contributed by atoms with E-state index in [2.05, 4.69) is 23.5 Å². The normalized spacial score (nSPS) is 16.3. The number of carbonyl (C=O) groups excluding carboxylic acids is 3. The number of aryl methyl sites for hydroxylation is 1. The summed E-state index contributed by atoms with van der Waals surface area (Å²) in [6.45, 7) is 7.39. The van der Waals surface area contributed by atoms with Crippen molar-refractivity contribution >= 4 is 39.6 Å². The number of rotatable bonds is 9. The summed E-state index contributed by atoms with van der Waals surface area (Å²) in [5, 5.41) is 5.52. The Kier molecular flexibility index (Phi) is 8.17. The molecule has 3 aromatic rings. The minimum absolute atomic E-state index is 0.222. The molecule has 1 aliphatic heterocycles. The van der Waals surface area contributed by atoms with Crippen LogP contribution in [0.5, 0.6) is 0 Å². The number of fused-ring (bicyclic) bond motifs is 3. The van der Waals surface area contributed by atoms with Gasteiger partial charge in [0.15, 0.2) is 0 Å². The van der Waals surface area contributed by atoms with Gasteiger partial charge in [-0.3, -0.25) is 14.9 Å². The molecule has 0 saturated carbocycles. The van der Waals surface area contributed by atoms with Gasteiger partial charge in [-0.05, 0) is 68.9 Å². The summed E-state index contributed by atoms with van der Waals surface area (Å²) in [4.78, 5) is 37.6. The molecule has 4 rings (SSSR count). The molecular formula is C29H36N2O6. The van der Waals surface area contributed by atoms with Crippen LogP contribution in [0.15, 0.2) is 41.0 Å². The predicted octanol–water partition coefficient (Wildman–Crippen LogP) is 5.31. The van der Waals surface area contributed by atoms with Gasteiger partial charge in [0.05, 0.1) is 12.2 Å². The number of hydrogen-bond donors (Lipinski definition) is 1. The number of hydrogen-bond acceptors (Lipinski definition) is 6. The van der Waals surface area contributed by atoms with Crippen molar-refractivity contribution in [1.29, 1.82) is 0 Å². The van der Waals surface area contributed by atoms with Gasteiger partial charge in [-0.1, -0.05) is 24.3 Å². The Morgan fingerprint density at radius 2 is 1.92 bits per heavy atom.